The molecule has 0 fully saturated rings. The average Bonchev–Trinajstić information content (AvgIpc) is 1.53. The quantitative estimate of drug-likeness (QED) is 0.0529. The predicted molar refractivity (Wildman–Crippen MR) is 637 cm³/mol. The van der Waals surface area contributed by atoms with E-state index >= 15 is 0 Å². The number of fused-ring (bicyclic) bond motifs is 4. The van der Waals surface area contributed by atoms with E-state index in [4.69, 9.17) is 0 Å². The summed E-state index contributed by atoms with van der Waals surface area (Å²) in [6, 6.07) is 107. The maximum absolute atomic E-state index is 2.47. The average molecular weight is 1900 g/mol. The lowest BCUT2D eigenvalue weighted by molar-refractivity contribution is 0.585. The molecule has 0 aromatic heterocycles. The molecule has 0 bridgehead atoms. The Morgan fingerprint density at radius 2 is 0.510 bits per heavy atom. The molecule has 0 nitrogen and oxygen atoms in total. The molecule has 0 radical (unpaired) electrons. The Kier molecular flexibility index (Phi) is 47.3. The lowest BCUT2D eigenvalue weighted by Crippen LogP contribution is -2.30. The lowest BCUT2D eigenvalue weighted by atomic mass is 9.65. The van der Waals surface area contributed by atoms with Crippen LogP contribution in [0.1, 0.15) is 350 Å². The zero-order valence-electron chi connectivity index (χ0n) is 95.4. The van der Waals surface area contributed by atoms with E-state index in [1.54, 1.807) is 16.7 Å². The molecule has 0 spiro atoms. The van der Waals surface area contributed by atoms with Gasteiger partial charge in [-0.1, -0.05) is 493 Å². The van der Waals surface area contributed by atoms with E-state index in [0.717, 1.165) is 0 Å². The molecule has 0 heteroatoms. The zero-order valence-corrected chi connectivity index (χ0v) is 95.4. The van der Waals surface area contributed by atoms with Crippen molar-refractivity contribution in [2.75, 3.05) is 0 Å². The predicted octanol–water partition coefficient (Wildman–Crippen LogP) is 41.9. The highest BCUT2D eigenvalue weighted by Crippen LogP contribution is 2.57. The topological polar surface area (TPSA) is 0 Å². The Bertz CT molecular complexity index is 6090. The van der Waals surface area contributed by atoms with E-state index in [1.807, 2.05) is 0 Å². The Hall–Kier alpha value is -11.4. The maximum atomic E-state index is 2.47. The van der Waals surface area contributed by atoms with Crippen LogP contribution in [0.3, 0.4) is 0 Å². The van der Waals surface area contributed by atoms with Gasteiger partial charge in [0.1, 0.15) is 0 Å². The van der Waals surface area contributed by atoms with E-state index in [2.05, 4.69) is 513 Å². The molecule has 1 aliphatic carbocycles. The summed E-state index contributed by atoms with van der Waals surface area (Å²) >= 11 is 0. The number of unbranched alkanes of at least 4 members (excludes halogenated alkanes) is 12. The molecule has 0 unspecified atom stereocenters. The third-order valence-corrected chi connectivity index (χ3v) is 28.8. The van der Waals surface area contributed by atoms with Crippen molar-refractivity contribution in [2.24, 2.45) is 0 Å². The molecule has 0 amide bonds. The third kappa shape index (κ3) is 36.1. The summed E-state index contributed by atoms with van der Waals surface area (Å²) in [5.41, 5.74) is 52.6. The van der Waals surface area contributed by atoms with Crippen molar-refractivity contribution in [1.82, 2.24) is 0 Å². The highest BCUT2D eigenvalue weighted by atomic mass is 14.5. The van der Waals surface area contributed by atoms with Crippen LogP contribution in [0, 0.1) is 152 Å². The monoisotopic (exact) mass is 1900 g/mol. The fourth-order valence-corrected chi connectivity index (χ4v) is 19.9. The van der Waals surface area contributed by atoms with Gasteiger partial charge in [0.05, 0.1) is 5.41 Å². The molecule has 0 heterocycles. The molecule has 756 valence electrons. The second kappa shape index (κ2) is 57.9. The van der Waals surface area contributed by atoms with Crippen molar-refractivity contribution in [3.05, 3.63) is 469 Å². The van der Waals surface area contributed by atoms with Crippen molar-refractivity contribution in [2.45, 2.75) is 366 Å². The van der Waals surface area contributed by atoms with E-state index in [1.165, 1.54) is 334 Å². The van der Waals surface area contributed by atoms with Crippen LogP contribution in [0.2, 0.25) is 0 Å². The molecule has 0 saturated heterocycles. The van der Waals surface area contributed by atoms with Gasteiger partial charge < -0.3 is 0 Å². The smallest absolute Gasteiger partial charge is 0.0654 e. The van der Waals surface area contributed by atoms with Crippen molar-refractivity contribution < 1.29 is 0 Å². The molecule has 0 aliphatic heterocycles. The Labute approximate surface area is 873 Å². The normalized spacial score (nSPS) is 11.4. The van der Waals surface area contributed by atoms with Crippen LogP contribution >= 0.6 is 0 Å². The van der Waals surface area contributed by atoms with Gasteiger partial charge in [0.25, 0.3) is 0 Å². The van der Waals surface area contributed by atoms with Gasteiger partial charge in [0.2, 0.25) is 0 Å². The first-order valence-corrected chi connectivity index (χ1v) is 54.6. The van der Waals surface area contributed by atoms with Crippen LogP contribution in [-0.2, 0) is 41.9 Å². The van der Waals surface area contributed by atoms with Gasteiger partial charge in [-0.05, 0) is 381 Å². The van der Waals surface area contributed by atoms with Gasteiger partial charge in [0.15, 0.2) is 0 Å². The lowest BCUT2D eigenvalue weighted by Gasteiger charge is -2.36. The highest BCUT2D eigenvalue weighted by molar-refractivity contribution is 5.90. The van der Waals surface area contributed by atoms with Gasteiger partial charge in [-0.2, -0.15) is 0 Å². The number of rotatable bonds is 24. The first-order chi connectivity index (χ1) is 68.1. The summed E-state index contributed by atoms with van der Waals surface area (Å²) in [6.45, 7) is 70.9. The van der Waals surface area contributed by atoms with Gasteiger partial charge in [-0.25, -0.2) is 0 Å². The largest absolute Gasteiger partial charge is 0.0713 e. The molecule has 15 aromatic carbocycles. The standard InChI is InChI=1S/C35H38.C20H18.C20H34.C15H24.C14H16.C14H22.C9H12.2C8H10/c1-23-15-17-29-30-18-16-24(2)20-32(30)35(31(29)19-23,27-13-9-11-25(21-27)33(3,4)5)28-14-10-12-26(22-28)34(6,7)8;1-15-13-20(18-11-7-4-8-12-18)16(2)14-19(15)17-9-5-3-6-10-17;1-5-7-9-11-13-19-15-18(4)20(16-17(19)3)14-12-10-8-6-2;1-5-6-7-8-9-15-11-13(3)12(2)10-14(15)4;1-9-5-11(3)14-8-10(2)6-12(4)13(14)7-9;1-4-5-6-7-8-14-10-12(2)9-13(3)11-14;1-7-5-4-6-8(2)9(7)3;1-7-3-5-8(2)6-4-7;1-7-4-3-5-8(2)6-7/h9-22H,1-8H3;3-14H,1-2H3;15-16H,5-14H2,1-4H3;10-11H,5-9H2,1-4H3;5-8H,1-4H3;9-11H,4-8H2,1-3H3;4-6H,1-3H3;2*3-6H,1-2H3. The minimum Gasteiger partial charge on any atom is -0.0654 e. The first-order valence-electron chi connectivity index (χ1n) is 54.6. The van der Waals surface area contributed by atoms with Gasteiger partial charge in [0, 0.05) is 0 Å². The molecule has 0 atom stereocenters. The minimum atomic E-state index is -0.356. The Balaban J connectivity index is 0.000000205. The second-order valence-electron chi connectivity index (χ2n) is 44.1. The van der Waals surface area contributed by atoms with E-state index in [-0.39, 0.29) is 16.2 Å². The number of hydrogen-bond acceptors (Lipinski definition) is 0. The summed E-state index contributed by atoms with van der Waals surface area (Å²) < 4.78 is 0. The summed E-state index contributed by atoms with van der Waals surface area (Å²) in [4.78, 5) is 0. The Morgan fingerprint density at radius 3 is 0.860 bits per heavy atom. The number of aryl methyl sites for hydroxylation is 25. The molecule has 16 rings (SSSR count). The molecule has 0 N–H and O–H groups in total. The van der Waals surface area contributed by atoms with Crippen molar-refractivity contribution >= 4 is 10.8 Å². The van der Waals surface area contributed by atoms with Crippen LogP contribution in [-0.4, -0.2) is 0 Å². The molecular formula is C143H184. The molecule has 1 aliphatic rings. The summed E-state index contributed by atoms with van der Waals surface area (Å²) in [6.07, 6.45) is 26.8. The van der Waals surface area contributed by atoms with E-state index < -0.39 is 0 Å². The van der Waals surface area contributed by atoms with Crippen LogP contribution in [0.4, 0.5) is 0 Å². The van der Waals surface area contributed by atoms with Crippen molar-refractivity contribution in [3.63, 3.8) is 0 Å². The number of hydrogen-bond donors (Lipinski definition) is 0. The second-order valence-corrected chi connectivity index (χ2v) is 44.1. The maximum Gasteiger partial charge on any atom is 0.0713 e. The summed E-state index contributed by atoms with van der Waals surface area (Å²) in [7, 11) is 0. The van der Waals surface area contributed by atoms with E-state index in [0.29, 0.717) is 0 Å². The first kappa shape index (κ1) is 117. The molecule has 143 heavy (non-hydrogen) atoms. The number of benzene rings is 15. The minimum absolute atomic E-state index is 0.0773. The highest BCUT2D eigenvalue weighted by Gasteiger charge is 2.47. The summed E-state index contributed by atoms with van der Waals surface area (Å²) in [5, 5.41) is 2.79. The van der Waals surface area contributed by atoms with Gasteiger partial charge in [-0.3, -0.25) is 0 Å². The zero-order chi connectivity index (χ0) is 105. The van der Waals surface area contributed by atoms with Crippen LogP contribution < -0.4 is 0 Å². The molecular weight excluding hydrogens is 1720 g/mol. The van der Waals surface area contributed by atoms with Gasteiger partial charge in [-0.15, -0.1) is 0 Å². The van der Waals surface area contributed by atoms with E-state index in [9.17, 15) is 0 Å². The SMILES string of the molecule is CCCCCCc1cc(C)c(C)cc1C.CCCCCCc1cc(C)c(CCCCCC)cc1C.CCCCCCc1cc(C)cc(C)c1.Cc1cc(-c2ccccc2)c(C)cc1-c1ccccc1.Cc1cc(C)c2cc(C)cc(C)c2c1.Cc1ccc(C)cc1.Cc1ccc2c(c1)C(c1cccc(C(C)(C)C)c1)(c1cccc(C(C)(C)C)c1)c1cc(C)ccc1-2.Cc1cccc(C)c1.Cc1cccc(C)c1C. The van der Waals surface area contributed by atoms with Crippen molar-refractivity contribution in [3.8, 4) is 33.4 Å². The van der Waals surface area contributed by atoms with Gasteiger partial charge >= 0.3 is 0 Å². The van der Waals surface area contributed by atoms with Crippen LogP contribution in [0.15, 0.2) is 291 Å². The fourth-order valence-electron chi connectivity index (χ4n) is 19.9. The Morgan fingerprint density at radius 1 is 0.196 bits per heavy atom. The third-order valence-electron chi connectivity index (χ3n) is 28.8. The molecule has 0 saturated carbocycles. The van der Waals surface area contributed by atoms with Crippen molar-refractivity contribution in [1.29, 1.82) is 0 Å². The fraction of sp³-hybridized carbons (Fsp3) is 0.385. The van der Waals surface area contributed by atoms with Crippen LogP contribution in [0.25, 0.3) is 44.2 Å². The van der Waals surface area contributed by atoms with Crippen LogP contribution in [0.5, 0.6) is 0 Å². The molecule has 15 aromatic rings. The summed E-state index contributed by atoms with van der Waals surface area (Å²) in [5.74, 6) is 0.